The zero-order chi connectivity index (χ0) is 26.8. The van der Waals surface area contributed by atoms with Gasteiger partial charge in [-0.2, -0.15) is 15.5 Å². The molecule has 0 radical (unpaired) electrons. The highest BCUT2D eigenvalue weighted by molar-refractivity contribution is 5.91. The molecule has 0 saturated heterocycles. The second-order valence-corrected chi connectivity index (χ2v) is 9.30. The van der Waals surface area contributed by atoms with Crippen LogP contribution < -0.4 is 9.47 Å². The Labute approximate surface area is 226 Å². The van der Waals surface area contributed by atoms with Gasteiger partial charge >= 0.3 is 5.97 Å². The third kappa shape index (κ3) is 10.6. The smallest absolute Gasteiger partial charge is 0.343 e. The first-order valence-electron chi connectivity index (χ1n) is 13.6. The molecule has 0 aromatic heterocycles. The number of hydrogen-bond donors (Lipinski definition) is 0. The van der Waals surface area contributed by atoms with Crippen molar-refractivity contribution >= 4 is 17.3 Å². The van der Waals surface area contributed by atoms with Crippen molar-refractivity contribution < 1.29 is 14.3 Å². The summed E-state index contributed by atoms with van der Waals surface area (Å²) in [5, 5.41) is 17.4. The molecule has 3 aromatic carbocycles. The first kappa shape index (κ1) is 28.6. The van der Waals surface area contributed by atoms with Gasteiger partial charge < -0.3 is 9.47 Å². The minimum absolute atomic E-state index is 0.378. The lowest BCUT2D eigenvalue weighted by Gasteiger charge is -2.06. The molecule has 198 valence electrons. The molecule has 0 bridgehead atoms. The maximum absolute atomic E-state index is 12.3. The van der Waals surface area contributed by atoms with Gasteiger partial charge in [-0.1, -0.05) is 64.7 Å². The number of ether oxygens (including phenoxy) is 2. The van der Waals surface area contributed by atoms with Crippen LogP contribution in [-0.4, -0.2) is 12.6 Å². The lowest BCUT2D eigenvalue weighted by Crippen LogP contribution is -2.08. The lowest BCUT2D eigenvalue weighted by molar-refractivity contribution is 0.0734. The summed E-state index contributed by atoms with van der Waals surface area (Å²) in [6, 6.07) is 22.7. The van der Waals surface area contributed by atoms with Crippen LogP contribution in [0.25, 0.3) is 0 Å². The Kier molecular flexibility index (Phi) is 12.6. The van der Waals surface area contributed by atoms with Crippen molar-refractivity contribution in [2.75, 3.05) is 6.61 Å². The largest absolute Gasteiger partial charge is 0.494 e. The summed E-state index contributed by atoms with van der Waals surface area (Å²) in [4.78, 5) is 12.3. The fraction of sp³-hybridized carbons (Fsp3) is 0.375. The van der Waals surface area contributed by atoms with Crippen LogP contribution in [0, 0.1) is 11.3 Å². The molecule has 0 atom stereocenters. The summed E-state index contributed by atoms with van der Waals surface area (Å²) < 4.78 is 11.2. The molecule has 6 nitrogen and oxygen atoms in total. The Morgan fingerprint density at radius 2 is 1.18 bits per heavy atom. The van der Waals surface area contributed by atoms with Gasteiger partial charge in [-0.25, -0.2) is 4.79 Å². The fourth-order valence-corrected chi connectivity index (χ4v) is 3.93. The third-order valence-electron chi connectivity index (χ3n) is 6.18. The van der Waals surface area contributed by atoms with Gasteiger partial charge in [0.1, 0.15) is 11.5 Å². The second-order valence-electron chi connectivity index (χ2n) is 9.30. The number of carbonyl (C=O) groups is 1. The van der Waals surface area contributed by atoms with Crippen molar-refractivity contribution in [1.29, 1.82) is 5.26 Å². The zero-order valence-corrected chi connectivity index (χ0v) is 22.3. The normalized spacial score (nSPS) is 10.8. The molecule has 0 unspecified atom stereocenters. The van der Waals surface area contributed by atoms with Gasteiger partial charge in [-0.3, -0.25) is 0 Å². The summed E-state index contributed by atoms with van der Waals surface area (Å²) in [7, 11) is 0. The highest BCUT2D eigenvalue weighted by atomic mass is 16.5. The molecule has 0 heterocycles. The minimum Gasteiger partial charge on any atom is -0.494 e. The van der Waals surface area contributed by atoms with Crippen LogP contribution in [0.15, 0.2) is 83.0 Å². The summed E-state index contributed by atoms with van der Waals surface area (Å²) in [5.74, 6) is 0.759. The number of nitrogens with zero attached hydrogens (tertiary/aromatic N) is 3. The summed E-state index contributed by atoms with van der Waals surface area (Å²) in [5.41, 5.74) is 2.24. The van der Waals surface area contributed by atoms with E-state index in [0.29, 0.717) is 22.6 Å². The molecule has 0 aliphatic heterocycles. The van der Waals surface area contributed by atoms with Crippen LogP contribution >= 0.6 is 0 Å². The highest BCUT2D eigenvalue weighted by Crippen LogP contribution is 2.24. The van der Waals surface area contributed by atoms with Crippen LogP contribution in [0.2, 0.25) is 0 Å². The quantitative estimate of drug-likeness (QED) is 0.0829. The first-order chi connectivity index (χ1) is 18.7. The Morgan fingerprint density at radius 1 is 0.684 bits per heavy atom. The molecular weight excluding hydrogens is 474 g/mol. The van der Waals surface area contributed by atoms with Gasteiger partial charge in [0.25, 0.3) is 0 Å². The molecule has 0 N–H and O–H groups in total. The van der Waals surface area contributed by atoms with Gasteiger partial charge in [0.05, 0.1) is 35.2 Å². The number of rotatable bonds is 16. The number of hydrogen-bond acceptors (Lipinski definition) is 6. The minimum atomic E-state index is -0.487. The van der Waals surface area contributed by atoms with E-state index in [2.05, 4.69) is 17.2 Å². The zero-order valence-electron chi connectivity index (χ0n) is 22.3. The number of unbranched alkanes of at least 4 members (excludes halogenated alkanes) is 9. The van der Waals surface area contributed by atoms with Gasteiger partial charge in [0, 0.05) is 0 Å². The molecule has 3 aromatic rings. The van der Waals surface area contributed by atoms with E-state index in [1.54, 1.807) is 48.5 Å². The SMILES string of the molecule is CCCCCCCCCCCCOc1ccc(N=Nc2ccc(OC(=O)c3ccc(C#N)cc3)cc2)cc1. The number of benzene rings is 3. The van der Waals surface area contributed by atoms with E-state index in [1.807, 2.05) is 30.3 Å². The molecule has 3 rings (SSSR count). The van der Waals surface area contributed by atoms with E-state index < -0.39 is 5.97 Å². The molecule has 0 aliphatic rings. The number of esters is 1. The molecular formula is C32H37N3O3. The van der Waals surface area contributed by atoms with Gasteiger partial charge in [0.2, 0.25) is 0 Å². The van der Waals surface area contributed by atoms with Crippen LogP contribution in [0.1, 0.15) is 87.1 Å². The van der Waals surface area contributed by atoms with Crippen LogP contribution in [0.4, 0.5) is 11.4 Å². The molecule has 0 spiro atoms. The van der Waals surface area contributed by atoms with E-state index in [9.17, 15) is 4.79 Å². The molecule has 38 heavy (non-hydrogen) atoms. The monoisotopic (exact) mass is 511 g/mol. The summed E-state index contributed by atoms with van der Waals surface area (Å²) >= 11 is 0. The first-order valence-corrected chi connectivity index (χ1v) is 13.6. The van der Waals surface area contributed by atoms with Crippen LogP contribution in [0.5, 0.6) is 11.5 Å². The van der Waals surface area contributed by atoms with Crippen molar-refractivity contribution in [3.8, 4) is 17.6 Å². The third-order valence-corrected chi connectivity index (χ3v) is 6.18. The lowest BCUT2D eigenvalue weighted by atomic mass is 10.1. The predicted molar refractivity (Wildman–Crippen MR) is 151 cm³/mol. The van der Waals surface area contributed by atoms with Gasteiger partial charge in [-0.15, -0.1) is 0 Å². The number of carbonyl (C=O) groups excluding carboxylic acids is 1. The summed E-state index contributed by atoms with van der Waals surface area (Å²) in [6.07, 6.45) is 13.1. The number of azo groups is 1. The molecule has 0 aliphatic carbocycles. The second kappa shape index (κ2) is 16.7. The topological polar surface area (TPSA) is 84.0 Å². The van der Waals surface area contributed by atoms with Crippen molar-refractivity contribution in [3.05, 3.63) is 83.9 Å². The van der Waals surface area contributed by atoms with Gasteiger partial charge in [-0.05, 0) is 79.2 Å². The van der Waals surface area contributed by atoms with Gasteiger partial charge in [0.15, 0.2) is 0 Å². The molecule has 0 amide bonds. The van der Waals surface area contributed by atoms with Crippen LogP contribution in [-0.2, 0) is 0 Å². The Bertz CT molecular complexity index is 1160. The average Bonchev–Trinajstić information content (AvgIpc) is 2.96. The predicted octanol–water partition coefficient (Wildman–Crippen LogP) is 9.49. The number of nitriles is 1. The van der Waals surface area contributed by atoms with Crippen LogP contribution in [0.3, 0.4) is 0 Å². The van der Waals surface area contributed by atoms with E-state index in [0.717, 1.165) is 24.5 Å². The Balaban J connectivity index is 1.33. The maximum atomic E-state index is 12.3. The average molecular weight is 512 g/mol. The summed E-state index contributed by atoms with van der Waals surface area (Å²) in [6.45, 7) is 2.99. The molecule has 6 heteroatoms. The maximum Gasteiger partial charge on any atom is 0.343 e. The fourth-order valence-electron chi connectivity index (χ4n) is 3.93. The van der Waals surface area contributed by atoms with Crippen molar-refractivity contribution in [2.45, 2.75) is 71.1 Å². The highest BCUT2D eigenvalue weighted by Gasteiger charge is 2.08. The standard InChI is InChI=1S/C32H37N3O3/c1-2-3-4-5-6-7-8-9-10-11-24-37-30-20-16-28(17-21-30)34-35-29-18-22-31(23-19-29)38-32(36)27-14-12-26(25-33)13-15-27/h12-23H,2-11,24H2,1H3. The Hall–Kier alpha value is -3.98. The molecule has 0 fully saturated rings. The van der Waals surface area contributed by atoms with Crippen molar-refractivity contribution in [1.82, 2.24) is 0 Å². The van der Waals surface area contributed by atoms with Crippen molar-refractivity contribution in [3.63, 3.8) is 0 Å². The van der Waals surface area contributed by atoms with E-state index in [1.165, 1.54) is 57.8 Å². The van der Waals surface area contributed by atoms with E-state index in [4.69, 9.17) is 14.7 Å². The van der Waals surface area contributed by atoms with E-state index in [-0.39, 0.29) is 0 Å². The Morgan fingerprint density at radius 3 is 1.71 bits per heavy atom. The van der Waals surface area contributed by atoms with Crippen molar-refractivity contribution in [2.24, 2.45) is 10.2 Å². The van der Waals surface area contributed by atoms with E-state index >= 15 is 0 Å². The molecule has 0 saturated carbocycles.